The maximum absolute atomic E-state index is 12.0. The molecule has 3 aromatic rings. The van der Waals surface area contributed by atoms with E-state index >= 15 is 0 Å². The van der Waals surface area contributed by atoms with E-state index in [-0.39, 0.29) is 17.7 Å². The van der Waals surface area contributed by atoms with Crippen LogP contribution >= 0.6 is 11.3 Å². The average molecular weight is 592 g/mol. The van der Waals surface area contributed by atoms with Gasteiger partial charge in [0, 0.05) is 68.0 Å². The summed E-state index contributed by atoms with van der Waals surface area (Å²) in [5, 5.41) is 0. The molecule has 0 radical (unpaired) electrons. The standard InChI is InChI=1S/C25H33N7O6S2/c1-16-18(15-30-5-7-32(8-6-30)25(33)37-3)21-22(39-16)20(27-24(28-21)31-9-11-38-12-10-31)17-13-19(29-40(4,34)35)23(36-2)26-14-17/h13-14,29H,5-12,15H2,1-4H3. The number of amides is 1. The number of carbonyl (C=O) groups is 1. The number of thiophene rings is 1. The number of nitrogens with zero attached hydrogens (tertiary/aromatic N) is 6. The van der Waals surface area contributed by atoms with Crippen molar-refractivity contribution in [1.29, 1.82) is 0 Å². The van der Waals surface area contributed by atoms with E-state index in [4.69, 9.17) is 24.2 Å². The van der Waals surface area contributed by atoms with Gasteiger partial charge in [-0.1, -0.05) is 0 Å². The number of pyridine rings is 1. The van der Waals surface area contributed by atoms with Gasteiger partial charge in [-0.15, -0.1) is 11.3 Å². The molecule has 2 saturated heterocycles. The van der Waals surface area contributed by atoms with Crippen LogP contribution in [0.1, 0.15) is 10.4 Å². The Kier molecular flexibility index (Phi) is 8.26. The lowest BCUT2D eigenvalue weighted by atomic mass is 10.1. The first-order valence-electron chi connectivity index (χ1n) is 12.9. The summed E-state index contributed by atoms with van der Waals surface area (Å²) < 4.78 is 43.2. The Bertz CT molecular complexity index is 1500. The molecule has 0 atom stereocenters. The molecular formula is C25H33N7O6S2. The minimum atomic E-state index is -3.57. The van der Waals surface area contributed by atoms with Gasteiger partial charge in [-0.25, -0.2) is 28.2 Å². The molecule has 40 heavy (non-hydrogen) atoms. The molecule has 0 unspecified atom stereocenters. The fourth-order valence-electron chi connectivity index (χ4n) is 4.87. The molecular weight excluding hydrogens is 558 g/mol. The summed E-state index contributed by atoms with van der Waals surface area (Å²) in [6.45, 7) is 7.91. The first-order chi connectivity index (χ1) is 19.2. The van der Waals surface area contributed by atoms with Crippen LogP contribution in [0.4, 0.5) is 16.4 Å². The summed E-state index contributed by atoms with van der Waals surface area (Å²) in [4.78, 5) is 33.6. The van der Waals surface area contributed by atoms with Gasteiger partial charge in [-0.05, 0) is 13.0 Å². The predicted octanol–water partition coefficient (Wildman–Crippen LogP) is 2.16. The molecule has 15 heteroatoms. The van der Waals surface area contributed by atoms with E-state index in [2.05, 4.69) is 26.4 Å². The number of hydrogen-bond acceptors (Lipinski definition) is 12. The quantitative estimate of drug-likeness (QED) is 0.432. The number of fused-ring (bicyclic) bond motifs is 1. The van der Waals surface area contributed by atoms with Crippen LogP contribution in [0.3, 0.4) is 0 Å². The van der Waals surface area contributed by atoms with Crippen molar-refractivity contribution in [1.82, 2.24) is 24.8 Å². The zero-order valence-electron chi connectivity index (χ0n) is 23.0. The molecule has 2 aliphatic rings. The zero-order chi connectivity index (χ0) is 28.4. The van der Waals surface area contributed by atoms with Gasteiger partial charge in [-0.3, -0.25) is 9.62 Å². The second-order valence-electron chi connectivity index (χ2n) is 9.67. The van der Waals surface area contributed by atoms with Crippen molar-refractivity contribution in [2.45, 2.75) is 13.5 Å². The van der Waals surface area contributed by atoms with Gasteiger partial charge in [-0.2, -0.15) is 0 Å². The number of rotatable bonds is 7. The SMILES string of the molecule is COC(=O)N1CCN(Cc2c(C)sc3c(-c4cnc(OC)c(NS(C)(=O)=O)c4)nc(N4CCOCC4)nc23)CC1. The molecule has 5 rings (SSSR count). The van der Waals surface area contributed by atoms with E-state index in [0.717, 1.165) is 40.0 Å². The average Bonchev–Trinajstić information content (AvgIpc) is 3.26. The highest BCUT2D eigenvalue weighted by Crippen LogP contribution is 2.39. The Morgan fingerprint density at radius 3 is 2.50 bits per heavy atom. The van der Waals surface area contributed by atoms with Gasteiger partial charge in [0.15, 0.2) is 0 Å². The van der Waals surface area contributed by atoms with Gasteiger partial charge < -0.3 is 24.0 Å². The van der Waals surface area contributed by atoms with Crippen LogP contribution in [0.2, 0.25) is 0 Å². The number of methoxy groups -OCH3 is 2. The number of carbonyl (C=O) groups excluding carboxylic acids is 1. The van der Waals surface area contributed by atoms with Crippen LogP contribution in [0.25, 0.3) is 21.5 Å². The van der Waals surface area contributed by atoms with E-state index in [0.29, 0.717) is 63.1 Å². The van der Waals surface area contributed by atoms with Gasteiger partial charge in [0.1, 0.15) is 5.69 Å². The Morgan fingerprint density at radius 2 is 1.85 bits per heavy atom. The molecule has 1 N–H and O–H groups in total. The number of ether oxygens (including phenoxy) is 3. The third kappa shape index (κ3) is 6.06. The van der Waals surface area contributed by atoms with E-state index in [1.807, 2.05) is 0 Å². The normalized spacial score (nSPS) is 16.8. The summed E-state index contributed by atoms with van der Waals surface area (Å²) in [6, 6.07) is 1.69. The monoisotopic (exact) mass is 591 g/mol. The first kappa shape index (κ1) is 28.3. The van der Waals surface area contributed by atoms with Crippen molar-refractivity contribution in [2.75, 3.05) is 82.6 Å². The highest BCUT2D eigenvalue weighted by Gasteiger charge is 2.26. The lowest BCUT2D eigenvalue weighted by molar-refractivity contribution is 0.0890. The number of aromatic nitrogens is 3. The second-order valence-corrected chi connectivity index (χ2v) is 12.6. The van der Waals surface area contributed by atoms with Crippen LogP contribution in [0.15, 0.2) is 12.3 Å². The van der Waals surface area contributed by atoms with Crippen molar-refractivity contribution in [2.24, 2.45) is 0 Å². The first-order valence-corrected chi connectivity index (χ1v) is 15.6. The number of piperazine rings is 1. The number of nitrogens with one attached hydrogen (secondary N) is 1. The molecule has 216 valence electrons. The molecule has 5 heterocycles. The van der Waals surface area contributed by atoms with Crippen molar-refractivity contribution in [3.8, 4) is 17.1 Å². The van der Waals surface area contributed by atoms with Crippen LogP contribution < -0.4 is 14.4 Å². The topological polar surface area (TPSA) is 139 Å². The molecule has 2 aliphatic heterocycles. The summed E-state index contributed by atoms with van der Waals surface area (Å²) in [5.74, 6) is 0.760. The van der Waals surface area contributed by atoms with Gasteiger partial charge >= 0.3 is 6.09 Å². The smallest absolute Gasteiger partial charge is 0.409 e. The molecule has 3 aromatic heterocycles. The third-order valence-corrected chi connectivity index (χ3v) is 8.65. The molecule has 0 saturated carbocycles. The second kappa shape index (κ2) is 11.7. The maximum atomic E-state index is 12.0. The number of sulfonamides is 1. The lowest BCUT2D eigenvalue weighted by Crippen LogP contribution is -2.48. The Balaban J connectivity index is 1.57. The maximum Gasteiger partial charge on any atom is 0.409 e. The number of morpholine rings is 1. The highest BCUT2D eigenvalue weighted by molar-refractivity contribution is 7.92. The molecule has 0 aliphatic carbocycles. The van der Waals surface area contributed by atoms with Gasteiger partial charge in [0.05, 0.1) is 49.6 Å². The minimum Gasteiger partial charge on any atom is -0.480 e. The van der Waals surface area contributed by atoms with E-state index in [9.17, 15) is 13.2 Å². The van der Waals surface area contributed by atoms with E-state index in [1.165, 1.54) is 14.2 Å². The van der Waals surface area contributed by atoms with Crippen molar-refractivity contribution in [3.63, 3.8) is 0 Å². The predicted molar refractivity (Wildman–Crippen MR) is 153 cm³/mol. The molecule has 1 amide bonds. The van der Waals surface area contributed by atoms with Crippen molar-refractivity contribution >= 4 is 49.3 Å². The van der Waals surface area contributed by atoms with E-state index < -0.39 is 10.0 Å². The number of aryl methyl sites for hydroxylation is 1. The Morgan fingerprint density at radius 1 is 1.12 bits per heavy atom. The number of hydrogen-bond donors (Lipinski definition) is 1. The van der Waals surface area contributed by atoms with Crippen LogP contribution in [0, 0.1) is 6.92 Å². The van der Waals surface area contributed by atoms with Gasteiger partial charge in [0.2, 0.25) is 21.9 Å². The molecule has 13 nitrogen and oxygen atoms in total. The third-order valence-electron chi connectivity index (χ3n) is 6.91. The van der Waals surface area contributed by atoms with Crippen LogP contribution in [0.5, 0.6) is 5.88 Å². The Labute approximate surface area is 237 Å². The Hall–Kier alpha value is -3.27. The summed E-state index contributed by atoms with van der Waals surface area (Å²) in [7, 11) is -0.727. The van der Waals surface area contributed by atoms with Gasteiger partial charge in [0.25, 0.3) is 0 Å². The van der Waals surface area contributed by atoms with Crippen molar-refractivity contribution in [3.05, 3.63) is 22.7 Å². The zero-order valence-corrected chi connectivity index (χ0v) is 24.6. The van der Waals surface area contributed by atoms with E-state index in [1.54, 1.807) is 28.5 Å². The molecule has 0 bridgehead atoms. The minimum absolute atomic E-state index is 0.169. The summed E-state index contributed by atoms with van der Waals surface area (Å²) in [6.07, 6.45) is 2.42. The molecule has 0 aromatic carbocycles. The summed E-state index contributed by atoms with van der Waals surface area (Å²) >= 11 is 1.61. The molecule has 0 spiro atoms. The van der Waals surface area contributed by atoms with Crippen molar-refractivity contribution < 1.29 is 27.4 Å². The fourth-order valence-corrected chi connectivity index (χ4v) is 6.53. The summed E-state index contributed by atoms with van der Waals surface area (Å²) in [5.41, 5.74) is 3.53. The highest BCUT2D eigenvalue weighted by atomic mass is 32.2. The number of anilines is 2. The fraction of sp³-hybridized carbons (Fsp3) is 0.520. The van der Waals surface area contributed by atoms with Crippen LogP contribution in [-0.2, 0) is 26.0 Å². The van der Waals surface area contributed by atoms with Crippen LogP contribution in [-0.4, -0.2) is 112 Å². The molecule has 2 fully saturated rings. The largest absolute Gasteiger partial charge is 0.480 e. The lowest BCUT2D eigenvalue weighted by Gasteiger charge is -2.33.